The van der Waals surface area contributed by atoms with E-state index in [0.29, 0.717) is 31.3 Å². The lowest BCUT2D eigenvalue weighted by Gasteiger charge is -2.17. The molecule has 1 aromatic carbocycles. The summed E-state index contributed by atoms with van der Waals surface area (Å²) in [6.07, 6.45) is 0. The van der Waals surface area contributed by atoms with Crippen molar-refractivity contribution in [2.75, 3.05) is 25.1 Å². The number of amides is 1. The highest BCUT2D eigenvalue weighted by Gasteiger charge is 2.13. The number of carbonyl (C=O) groups excluding carboxylic acids is 1. The molecule has 0 saturated carbocycles. The van der Waals surface area contributed by atoms with Crippen molar-refractivity contribution in [3.63, 3.8) is 0 Å². The van der Waals surface area contributed by atoms with Crippen molar-refractivity contribution in [1.29, 1.82) is 0 Å². The Balaban J connectivity index is 2.80. The molecule has 0 aliphatic heterocycles. The Morgan fingerprint density at radius 3 is 2.40 bits per heavy atom. The highest BCUT2D eigenvalue weighted by molar-refractivity contribution is 5.84. The first-order chi connectivity index (χ1) is 9.62. The predicted molar refractivity (Wildman–Crippen MR) is 80.5 cm³/mol. The topological polar surface area (TPSA) is 59.6 Å². The van der Waals surface area contributed by atoms with Gasteiger partial charge in [-0.1, -0.05) is 0 Å². The van der Waals surface area contributed by atoms with Crippen LogP contribution in [0.2, 0.25) is 0 Å². The maximum Gasteiger partial charge on any atom is 0.242 e. The highest BCUT2D eigenvalue weighted by Crippen LogP contribution is 2.30. The van der Waals surface area contributed by atoms with Crippen molar-refractivity contribution < 1.29 is 14.3 Å². The maximum absolute atomic E-state index is 11.7. The van der Waals surface area contributed by atoms with Crippen molar-refractivity contribution in [3.8, 4) is 11.5 Å². The van der Waals surface area contributed by atoms with Crippen LogP contribution in [0.25, 0.3) is 0 Å². The zero-order valence-electron chi connectivity index (χ0n) is 12.7. The summed E-state index contributed by atoms with van der Waals surface area (Å²) in [6.45, 7) is 9.35. The van der Waals surface area contributed by atoms with E-state index in [1.807, 2.05) is 45.9 Å². The van der Waals surface area contributed by atoms with Gasteiger partial charge in [-0.05, 0) is 39.8 Å². The molecule has 20 heavy (non-hydrogen) atoms. The van der Waals surface area contributed by atoms with Crippen LogP contribution in [0.1, 0.15) is 27.7 Å². The molecular formula is C15H24N2O3. The minimum Gasteiger partial charge on any atom is -0.490 e. The maximum atomic E-state index is 11.7. The monoisotopic (exact) mass is 280 g/mol. The number of benzene rings is 1. The number of rotatable bonds is 8. The second-order valence-electron chi connectivity index (χ2n) is 4.29. The van der Waals surface area contributed by atoms with Gasteiger partial charge in [0.15, 0.2) is 11.5 Å². The molecule has 0 aromatic heterocycles. The van der Waals surface area contributed by atoms with Gasteiger partial charge in [-0.15, -0.1) is 0 Å². The standard InChI is InChI=1S/C15H24N2O3/c1-5-16-15(18)11(4)17-12-8-9-13(19-6-2)14(10-12)20-7-3/h8-11,17H,5-7H2,1-4H3,(H,16,18). The molecule has 0 fully saturated rings. The molecule has 1 atom stereocenters. The number of nitrogens with one attached hydrogen (secondary N) is 2. The Bertz CT molecular complexity index is 435. The van der Waals surface area contributed by atoms with Crippen molar-refractivity contribution in [3.05, 3.63) is 18.2 Å². The molecule has 5 heteroatoms. The van der Waals surface area contributed by atoms with Gasteiger partial charge in [0.2, 0.25) is 5.91 Å². The summed E-state index contributed by atoms with van der Waals surface area (Å²) in [6, 6.07) is 5.27. The van der Waals surface area contributed by atoms with Gasteiger partial charge < -0.3 is 20.1 Å². The second-order valence-corrected chi connectivity index (χ2v) is 4.29. The van der Waals surface area contributed by atoms with Crippen LogP contribution in [0.3, 0.4) is 0 Å². The van der Waals surface area contributed by atoms with Crippen LogP contribution in [-0.4, -0.2) is 31.7 Å². The van der Waals surface area contributed by atoms with Gasteiger partial charge in [0.05, 0.1) is 13.2 Å². The zero-order valence-corrected chi connectivity index (χ0v) is 12.7. The van der Waals surface area contributed by atoms with E-state index in [4.69, 9.17) is 9.47 Å². The molecule has 0 heterocycles. The number of hydrogen-bond acceptors (Lipinski definition) is 4. The quantitative estimate of drug-likeness (QED) is 0.768. The molecule has 0 bridgehead atoms. The van der Waals surface area contributed by atoms with E-state index in [1.54, 1.807) is 0 Å². The Morgan fingerprint density at radius 1 is 1.15 bits per heavy atom. The normalized spacial score (nSPS) is 11.6. The Labute approximate surface area is 120 Å². The van der Waals surface area contributed by atoms with Gasteiger partial charge in [-0.3, -0.25) is 4.79 Å². The van der Waals surface area contributed by atoms with Crippen LogP contribution in [0.15, 0.2) is 18.2 Å². The van der Waals surface area contributed by atoms with Crippen LogP contribution in [-0.2, 0) is 4.79 Å². The predicted octanol–water partition coefficient (Wildman–Crippen LogP) is 2.42. The molecule has 0 spiro atoms. The Hall–Kier alpha value is -1.91. The second kappa shape index (κ2) is 8.30. The first-order valence-corrected chi connectivity index (χ1v) is 7.06. The van der Waals surface area contributed by atoms with Crippen molar-refractivity contribution in [2.45, 2.75) is 33.7 Å². The van der Waals surface area contributed by atoms with Gasteiger partial charge in [0, 0.05) is 18.3 Å². The summed E-state index contributed by atoms with van der Waals surface area (Å²) in [4.78, 5) is 11.7. The highest BCUT2D eigenvalue weighted by atomic mass is 16.5. The van der Waals surface area contributed by atoms with E-state index in [1.165, 1.54) is 0 Å². The van der Waals surface area contributed by atoms with Crippen LogP contribution >= 0.6 is 0 Å². The number of anilines is 1. The largest absolute Gasteiger partial charge is 0.490 e. The van der Waals surface area contributed by atoms with Gasteiger partial charge in [0.1, 0.15) is 6.04 Å². The molecule has 2 N–H and O–H groups in total. The van der Waals surface area contributed by atoms with E-state index in [9.17, 15) is 4.79 Å². The molecule has 0 saturated heterocycles. The lowest BCUT2D eigenvalue weighted by atomic mass is 10.2. The molecular weight excluding hydrogens is 256 g/mol. The zero-order chi connectivity index (χ0) is 15.0. The molecule has 1 amide bonds. The average molecular weight is 280 g/mol. The molecule has 5 nitrogen and oxygen atoms in total. The third kappa shape index (κ3) is 4.64. The summed E-state index contributed by atoms with van der Waals surface area (Å²) in [5, 5.41) is 5.93. The third-order valence-electron chi connectivity index (χ3n) is 2.67. The molecule has 1 rings (SSSR count). The first kappa shape index (κ1) is 16.1. The number of hydrogen-bond donors (Lipinski definition) is 2. The van der Waals surface area contributed by atoms with Crippen LogP contribution < -0.4 is 20.1 Å². The van der Waals surface area contributed by atoms with Crippen molar-refractivity contribution >= 4 is 11.6 Å². The van der Waals surface area contributed by atoms with E-state index < -0.39 is 0 Å². The fraction of sp³-hybridized carbons (Fsp3) is 0.533. The lowest BCUT2D eigenvalue weighted by molar-refractivity contribution is -0.121. The molecule has 1 unspecified atom stereocenters. The summed E-state index contributed by atoms with van der Waals surface area (Å²) in [5.41, 5.74) is 0.829. The van der Waals surface area contributed by atoms with Gasteiger partial charge in [-0.2, -0.15) is 0 Å². The van der Waals surface area contributed by atoms with Gasteiger partial charge in [0.25, 0.3) is 0 Å². The van der Waals surface area contributed by atoms with Crippen LogP contribution in [0.4, 0.5) is 5.69 Å². The summed E-state index contributed by atoms with van der Waals surface area (Å²) in [7, 11) is 0. The fourth-order valence-electron chi connectivity index (χ4n) is 1.78. The van der Waals surface area contributed by atoms with E-state index in [0.717, 1.165) is 5.69 Å². The first-order valence-electron chi connectivity index (χ1n) is 7.06. The van der Waals surface area contributed by atoms with Crippen molar-refractivity contribution in [2.24, 2.45) is 0 Å². The number of carbonyl (C=O) groups is 1. The van der Waals surface area contributed by atoms with Gasteiger partial charge in [-0.25, -0.2) is 0 Å². The Morgan fingerprint density at radius 2 is 1.80 bits per heavy atom. The third-order valence-corrected chi connectivity index (χ3v) is 2.67. The van der Waals surface area contributed by atoms with E-state index in [2.05, 4.69) is 10.6 Å². The molecule has 0 aliphatic carbocycles. The molecule has 112 valence electrons. The minimum atomic E-state index is -0.303. The summed E-state index contributed by atoms with van der Waals surface area (Å²) >= 11 is 0. The number of ether oxygens (including phenoxy) is 2. The smallest absolute Gasteiger partial charge is 0.242 e. The van der Waals surface area contributed by atoms with Gasteiger partial charge >= 0.3 is 0 Å². The van der Waals surface area contributed by atoms with Crippen LogP contribution in [0, 0.1) is 0 Å². The molecule has 0 radical (unpaired) electrons. The average Bonchev–Trinajstić information content (AvgIpc) is 2.42. The fourth-order valence-corrected chi connectivity index (χ4v) is 1.78. The minimum absolute atomic E-state index is 0.0284. The Kier molecular flexibility index (Phi) is 6.70. The molecule has 0 aliphatic rings. The summed E-state index contributed by atoms with van der Waals surface area (Å²) in [5.74, 6) is 1.37. The number of likely N-dealkylation sites (N-methyl/N-ethyl adjacent to an activating group) is 1. The molecule has 1 aromatic rings. The lowest BCUT2D eigenvalue weighted by Crippen LogP contribution is -2.37. The van der Waals surface area contributed by atoms with Crippen LogP contribution in [0.5, 0.6) is 11.5 Å². The summed E-state index contributed by atoms with van der Waals surface area (Å²) < 4.78 is 11.1. The van der Waals surface area contributed by atoms with E-state index in [-0.39, 0.29) is 11.9 Å². The van der Waals surface area contributed by atoms with Crippen molar-refractivity contribution in [1.82, 2.24) is 5.32 Å². The SMILES string of the molecule is CCNC(=O)C(C)Nc1ccc(OCC)c(OCC)c1. The van der Waals surface area contributed by atoms with E-state index >= 15 is 0 Å².